The molecule has 2 heterocycles. The summed E-state index contributed by atoms with van der Waals surface area (Å²) < 4.78 is 0. The average Bonchev–Trinajstić information content (AvgIpc) is 2.66. The van der Waals surface area contributed by atoms with Crippen LogP contribution < -0.4 is 5.32 Å². The molecule has 15 heavy (non-hydrogen) atoms. The van der Waals surface area contributed by atoms with Crippen LogP contribution in [-0.2, 0) is 0 Å². The lowest BCUT2D eigenvalue weighted by Gasteiger charge is -2.25. The van der Waals surface area contributed by atoms with Crippen LogP contribution in [0.2, 0.25) is 0 Å². The summed E-state index contributed by atoms with van der Waals surface area (Å²) in [5.41, 5.74) is 1.14. The Kier molecular flexibility index (Phi) is 4.05. The third-order valence-electron chi connectivity index (χ3n) is 2.65. The van der Waals surface area contributed by atoms with Gasteiger partial charge in [0.05, 0.1) is 6.04 Å². The van der Waals surface area contributed by atoms with Crippen molar-refractivity contribution >= 4 is 23.1 Å². The highest BCUT2D eigenvalue weighted by molar-refractivity contribution is 7.99. The Morgan fingerprint density at radius 2 is 2.47 bits per heavy atom. The quantitative estimate of drug-likeness (QED) is 0.882. The monoisotopic (exact) mass is 242 g/mol. The zero-order valence-corrected chi connectivity index (χ0v) is 11.0. The fraction of sp³-hybridized carbons (Fsp3) is 0.727. The van der Waals surface area contributed by atoms with Gasteiger partial charge in [-0.15, -0.1) is 11.3 Å². The first-order chi connectivity index (χ1) is 7.25. The Bertz CT molecular complexity index is 305. The molecule has 84 valence electrons. The number of thiazole rings is 1. The molecule has 2 rings (SSSR count). The maximum atomic E-state index is 4.53. The van der Waals surface area contributed by atoms with Gasteiger partial charge < -0.3 is 5.32 Å². The standard InChI is InChI=1S/C11H18N2S2/c1-8-6-15-11(12-8)9(2)13-10-4-3-5-14-7-10/h6,9-10,13H,3-5,7H2,1-2H3. The third kappa shape index (κ3) is 3.20. The van der Waals surface area contributed by atoms with Crippen LogP contribution in [-0.4, -0.2) is 22.5 Å². The summed E-state index contributed by atoms with van der Waals surface area (Å²) in [4.78, 5) is 4.53. The van der Waals surface area contributed by atoms with Gasteiger partial charge in [0.25, 0.3) is 0 Å². The van der Waals surface area contributed by atoms with E-state index in [0.29, 0.717) is 12.1 Å². The molecule has 0 aromatic carbocycles. The van der Waals surface area contributed by atoms with Crippen molar-refractivity contribution in [2.24, 2.45) is 0 Å². The molecule has 2 nitrogen and oxygen atoms in total. The van der Waals surface area contributed by atoms with E-state index in [4.69, 9.17) is 0 Å². The minimum Gasteiger partial charge on any atom is -0.305 e. The van der Waals surface area contributed by atoms with Crippen molar-refractivity contribution in [3.8, 4) is 0 Å². The molecule has 1 fully saturated rings. The number of thioether (sulfide) groups is 1. The van der Waals surface area contributed by atoms with E-state index in [-0.39, 0.29) is 0 Å². The maximum Gasteiger partial charge on any atom is 0.110 e. The lowest BCUT2D eigenvalue weighted by atomic mass is 10.1. The molecule has 1 aromatic heterocycles. The summed E-state index contributed by atoms with van der Waals surface area (Å²) in [6.45, 7) is 4.28. The Labute approximate surface area is 99.9 Å². The highest BCUT2D eigenvalue weighted by Crippen LogP contribution is 2.22. The zero-order valence-electron chi connectivity index (χ0n) is 9.32. The molecule has 0 aliphatic carbocycles. The van der Waals surface area contributed by atoms with E-state index in [1.54, 1.807) is 11.3 Å². The topological polar surface area (TPSA) is 24.9 Å². The van der Waals surface area contributed by atoms with Gasteiger partial charge in [-0.1, -0.05) is 0 Å². The number of hydrogen-bond acceptors (Lipinski definition) is 4. The van der Waals surface area contributed by atoms with Gasteiger partial charge in [-0.25, -0.2) is 4.98 Å². The van der Waals surface area contributed by atoms with Crippen molar-refractivity contribution in [1.29, 1.82) is 0 Å². The predicted octanol–water partition coefficient (Wildman–Crippen LogP) is 3.00. The molecule has 1 aromatic rings. The first-order valence-electron chi connectivity index (χ1n) is 5.51. The van der Waals surface area contributed by atoms with Crippen LogP contribution in [0.4, 0.5) is 0 Å². The number of aromatic nitrogens is 1. The second-order valence-electron chi connectivity index (χ2n) is 4.13. The van der Waals surface area contributed by atoms with Gasteiger partial charge in [-0.3, -0.25) is 0 Å². The van der Waals surface area contributed by atoms with Crippen molar-refractivity contribution in [2.75, 3.05) is 11.5 Å². The van der Waals surface area contributed by atoms with Crippen LogP contribution in [0.3, 0.4) is 0 Å². The minimum atomic E-state index is 0.410. The first-order valence-corrected chi connectivity index (χ1v) is 7.55. The van der Waals surface area contributed by atoms with Crippen molar-refractivity contribution in [3.63, 3.8) is 0 Å². The summed E-state index contributed by atoms with van der Waals surface area (Å²) in [6.07, 6.45) is 2.67. The fourth-order valence-electron chi connectivity index (χ4n) is 1.87. The Hall–Kier alpha value is -0.0600. The van der Waals surface area contributed by atoms with Crippen LogP contribution >= 0.6 is 23.1 Å². The molecule has 1 N–H and O–H groups in total. The zero-order chi connectivity index (χ0) is 10.7. The smallest absolute Gasteiger partial charge is 0.110 e. The fourth-order valence-corrected chi connectivity index (χ4v) is 3.77. The van der Waals surface area contributed by atoms with Crippen LogP contribution in [0.15, 0.2) is 5.38 Å². The highest BCUT2D eigenvalue weighted by atomic mass is 32.2. The second kappa shape index (κ2) is 5.32. The SMILES string of the molecule is Cc1csc(C(C)NC2CCCSC2)n1. The van der Waals surface area contributed by atoms with E-state index >= 15 is 0 Å². The summed E-state index contributed by atoms with van der Waals surface area (Å²) in [5, 5.41) is 7.03. The number of aryl methyl sites for hydroxylation is 1. The molecule has 1 aliphatic rings. The Morgan fingerprint density at radius 1 is 1.60 bits per heavy atom. The molecule has 2 unspecified atom stereocenters. The average molecular weight is 242 g/mol. The molecule has 0 spiro atoms. The molecule has 0 amide bonds. The number of nitrogens with one attached hydrogen (secondary N) is 1. The van der Waals surface area contributed by atoms with Crippen molar-refractivity contribution in [3.05, 3.63) is 16.1 Å². The van der Waals surface area contributed by atoms with E-state index in [1.807, 2.05) is 0 Å². The van der Waals surface area contributed by atoms with E-state index in [2.05, 4.69) is 41.3 Å². The van der Waals surface area contributed by atoms with Crippen molar-refractivity contribution < 1.29 is 0 Å². The summed E-state index contributed by atoms with van der Waals surface area (Å²) in [6, 6.07) is 1.09. The maximum absolute atomic E-state index is 4.53. The highest BCUT2D eigenvalue weighted by Gasteiger charge is 2.17. The molecule has 2 atom stereocenters. The second-order valence-corrected chi connectivity index (χ2v) is 6.17. The van der Waals surface area contributed by atoms with Crippen LogP contribution in [0.1, 0.15) is 36.5 Å². The number of nitrogens with zero attached hydrogens (tertiary/aromatic N) is 1. The largest absolute Gasteiger partial charge is 0.305 e. The van der Waals surface area contributed by atoms with Gasteiger partial charge in [0, 0.05) is 22.9 Å². The lowest BCUT2D eigenvalue weighted by molar-refractivity contribution is 0.451. The van der Waals surface area contributed by atoms with Gasteiger partial charge in [-0.2, -0.15) is 11.8 Å². The molecule has 0 bridgehead atoms. The van der Waals surface area contributed by atoms with Crippen molar-refractivity contribution in [1.82, 2.24) is 10.3 Å². The van der Waals surface area contributed by atoms with Gasteiger partial charge in [0.2, 0.25) is 0 Å². The molecular weight excluding hydrogens is 224 g/mol. The summed E-state index contributed by atoms with van der Waals surface area (Å²) >= 11 is 3.83. The Balaban J connectivity index is 1.88. The van der Waals surface area contributed by atoms with E-state index in [0.717, 1.165) is 5.69 Å². The van der Waals surface area contributed by atoms with Gasteiger partial charge in [0.1, 0.15) is 5.01 Å². The molecule has 0 radical (unpaired) electrons. The molecule has 1 saturated heterocycles. The minimum absolute atomic E-state index is 0.410. The summed E-state index contributed by atoms with van der Waals surface area (Å²) in [5.74, 6) is 2.59. The van der Waals surface area contributed by atoms with Crippen LogP contribution in [0, 0.1) is 6.92 Å². The van der Waals surface area contributed by atoms with Gasteiger partial charge in [0.15, 0.2) is 0 Å². The predicted molar refractivity (Wildman–Crippen MR) is 68.7 cm³/mol. The number of hydrogen-bond donors (Lipinski definition) is 1. The molecular formula is C11H18N2S2. The summed E-state index contributed by atoms with van der Waals surface area (Å²) in [7, 11) is 0. The van der Waals surface area contributed by atoms with E-state index in [1.165, 1.54) is 29.4 Å². The van der Waals surface area contributed by atoms with Crippen molar-refractivity contribution in [2.45, 2.75) is 38.8 Å². The van der Waals surface area contributed by atoms with Gasteiger partial charge >= 0.3 is 0 Å². The first kappa shape index (κ1) is 11.4. The molecule has 1 aliphatic heterocycles. The van der Waals surface area contributed by atoms with Crippen LogP contribution in [0.25, 0.3) is 0 Å². The van der Waals surface area contributed by atoms with Gasteiger partial charge in [-0.05, 0) is 32.4 Å². The Morgan fingerprint density at radius 3 is 3.07 bits per heavy atom. The lowest BCUT2D eigenvalue weighted by Crippen LogP contribution is -2.35. The van der Waals surface area contributed by atoms with E-state index in [9.17, 15) is 0 Å². The number of rotatable bonds is 3. The molecule has 0 saturated carbocycles. The van der Waals surface area contributed by atoms with E-state index < -0.39 is 0 Å². The normalized spacial score (nSPS) is 24.0. The molecule has 4 heteroatoms. The third-order valence-corrected chi connectivity index (χ3v) is 5.01. The van der Waals surface area contributed by atoms with Crippen LogP contribution in [0.5, 0.6) is 0 Å².